The van der Waals surface area contributed by atoms with Crippen molar-refractivity contribution < 1.29 is 9.21 Å². The van der Waals surface area contributed by atoms with Crippen molar-refractivity contribution in [2.45, 2.75) is 18.9 Å². The number of rotatable bonds is 1. The molecule has 1 aromatic heterocycles. The first-order valence-corrected chi connectivity index (χ1v) is 7.17. The fourth-order valence-corrected chi connectivity index (χ4v) is 2.95. The Kier molecular flexibility index (Phi) is 3.33. The van der Waals surface area contributed by atoms with Crippen molar-refractivity contribution in [3.63, 3.8) is 0 Å². The molecule has 3 rings (SSSR count). The van der Waals surface area contributed by atoms with Crippen LogP contribution in [0, 0.1) is 0 Å². The van der Waals surface area contributed by atoms with E-state index in [-0.39, 0.29) is 11.9 Å². The first-order chi connectivity index (χ1) is 9.15. The van der Waals surface area contributed by atoms with Crippen LogP contribution in [-0.2, 0) is 0 Å². The fourth-order valence-electron chi connectivity index (χ4n) is 2.48. The Morgan fingerprint density at radius 1 is 1.47 bits per heavy atom. The van der Waals surface area contributed by atoms with Gasteiger partial charge in [-0.25, -0.2) is 0 Å². The smallest absolute Gasteiger partial charge is 0.289 e. The van der Waals surface area contributed by atoms with Gasteiger partial charge < -0.3 is 15.1 Å². The van der Waals surface area contributed by atoms with Crippen LogP contribution in [0.15, 0.2) is 33.2 Å². The second-order valence-electron chi connectivity index (χ2n) is 4.92. The molecule has 2 N–H and O–H groups in total. The minimum absolute atomic E-state index is 0.0711. The number of benzene rings is 1. The zero-order chi connectivity index (χ0) is 13.4. The third-order valence-corrected chi connectivity index (χ3v) is 4.08. The number of furan rings is 1. The van der Waals surface area contributed by atoms with Gasteiger partial charge in [0.25, 0.3) is 5.91 Å². The molecule has 1 aliphatic heterocycles. The molecule has 0 saturated carbocycles. The number of nitrogens with zero attached hydrogens (tertiary/aromatic N) is 1. The Bertz CT molecular complexity index is 623. The summed E-state index contributed by atoms with van der Waals surface area (Å²) in [6, 6.07) is 7.63. The molecule has 1 aromatic carbocycles. The maximum atomic E-state index is 12.4. The summed E-state index contributed by atoms with van der Waals surface area (Å²) in [5, 5.41) is 0.930. The molecule has 2 heterocycles. The van der Waals surface area contributed by atoms with Crippen LogP contribution in [0.3, 0.4) is 0 Å². The topological polar surface area (TPSA) is 59.5 Å². The molecule has 1 atom stereocenters. The summed E-state index contributed by atoms with van der Waals surface area (Å²) in [5.74, 6) is 0.314. The number of para-hydroxylation sites is 1. The fraction of sp³-hybridized carbons (Fsp3) is 0.357. The number of hydrogen-bond donors (Lipinski definition) is 1. The van der Waals surface area contributed by atoms with E-state index in [4.69, 9.17) is 10.2 Å². The largest absolute Gasteiger partial charge is 0.450 e. The molecule has 1 fully saturated rings. The lowest BCUT2D eigenvalue weighted by molar-refractivity contribution is 0.0679. The molecule has 0 radical (unpaired) electrons. The summed E-state index contributed by atoms with van der Waals surface area (Å²) in [4.78, 5) is 14.2. The standard InChI is InChI=1S/C14H15BrN2O2/c15-11-5-1-3-9-7-12(19-13(9)11)14(18)17-6-2-4-10(16)8-17/h1,3,5,7,10H,2,4,6,8,16H2/t10-/m1/s1. The quantitative estimate of drug-likeness (QED) is 0.878. The minimum atomic E-state index is -0.0711. The van der Waals surface area contributed by atoms with Crippen molar-refractivity contribution in [3.05, 3.63) is 34.5 Å². The molecule has 4 nitrogen and oxygen atoms in total. The van der Waals surface area contributed by atoms with Crippen LogP contribution in [-0.4, -0.2) is 29.9 Å². The van der Waals surface area contributed by atoms with E-state index in [2.05, 4.69) is 15.9 Å². The highest BCUT2D eigenvalue weighted by Crippen LogP contribution is 2.27. The van der Waals surface area contributed by atoms with Gasteiger partial charge in [-0.2, -0.15) is 0 Å². The number of amides is 1. The van der Waals surface area contributed by atoms with Gasteiger partial charge in [-0.05, 0) is 40.9 Å². The molecule has 1 saturated heterocycles. The summed E-state index contributed by atoms with van der Waals surface area (Å²) in [6.45, 7) is 1.36. The van der Waals surface area contributed by atoms with Gasteiger partial charge in [0, 0.05) is 24.5 Å². The summed E-state index contributed by atoms with van der Waals surface area (Å²) in [7, 11) is 0. The maximum absolute atomic E-state index is 12.4. The number of hydrogen-bond acceptors (Lipinski definition) is 3. The van der Waals surface area contributed by atoms with Gasteiger partial charge in [0.05, 0.1) is 4.47 Å². The Labute approximate surface area is 119 Å². The Morgan fingerprint density at radius 2 is 2.32 bits per heavy atom. The zero-order valence-corrected chi connectivity index (χ0v) is 12.0. The lowest BCUT2D eigenvalue weighted by atomic mass is 10.1. The van der Waals surface area contributed by atoms with Crippen LogP contribution >= 0.6 is 15.9 Å². The lowest BCUT2D eigenvalue weighted by Crippen LogP contribution is -2.45. The Balaban J connectivity index is 1.91. The predicted molar refractivity (Wildman–Crippen MR) is 77.0 cm³/mol. The molecule has 0 unspecified atom stereocenters. The van der Waals surface area contributed by atoms with Crippen molar-refractivity contribution >= 4 is 32.8 Å². The van der Waals surface area contributed by atoms with Crippen molar-refractivity contribution in [1.29, 1.82) is 0 Å². The first kappa shape index (κ1) is 12.7. The summed E-state index contributed by atoms with van der Waals surface area (Å²) < 4.78 is 6.53. The second-order valence-corrected chi connectivity index (χ2v) is 5.78. The van der Waals surface area contributed by atoms with Crippen LogP contribution < -0.4 is 5.73 Å². The number of piperidine rings is 1. The summed E-state index contributed by atoms with van der Waals surface area (Å²) >= 11 is 3.43. The van der Waals surface area contributed by atoms with Crippen LogP contribution in [0.25, 0.3) is 11.0 Å². The minimum Gasteiger partial charge on any atom is -0.450 e. The number of fused-ring (bicyclic) bond motifs is 1. The van der Waals surface area contributed by atoms with Gasteiger partial charge in [-0.1, -0.05) is 12.1 Å². The van der Waals surface area contributed by atoms with Gasteiger partial charge in [-0.15, -0.1) is 0 Å². The molecular formula is C14H15BrN2O2. The highest BCUT2D eigenvalue weighted by molar-refractivity contribution is 9.10. The third-order valence-electron chi connectivity index (χ3n) is 3.45. The Hall–Kier alpha value is -1.33. The van der Waals surface area contributed by atoms with Crippen molar-refractivity contribution in [2.24, 2.45) is 5.73 Å². The van der Waals surface area contributed by atoms with E-state index >= 15 is 0 Å². The molecule has 0 aliphatic carbocycles. The van der Waals surface area contributed by atoms with Gasteiger partial charge in [0.1, 0.15) is 5.58 Å². The van der Waals surface area contributed by atoms with Gasteiger partial charge in [0.15, 0.2) is 5.76 Å². The summed E-state index contributed by atoms with van der Waals surface area (Å²) in [6.07, 6.45) is 1.94. The number of nitrogens with two attached hydrogens (primary N) is 1. The van der Waals surface area contributed by atoms with Crippen LogP contribution in [0.2, 0.25) is 0 Å². The van der Waals surface area contributed by atoms with E-state index < -0.39 is 0 Å². The number of carbonyl (C=O) groups excluding carboxylic acids is 1. The maximum Gasteiger partial charge on any atom is 0.289 e. The number of likely N-dealkylation sites (tertiary alicyclic amines) is 1. The SMILES string of the molecule is N[C@@H]1CCCN(C(=O)c2cc3cccc(Br)c3o2)C1. The van der Waals surface area contributed by atoms with Crippen molar-refractivity contribution in [2.75, 3.05) is 13.1 Å². The van der Waals surface area contributed by atoms with Crippen LogP contribution in [0.4, 0.5) is 0 Å². The van der Waals surface area contributed by atoms with E-state index in [0.29, 0.717) is 17.9 Å². The van der Waals surface area contributed by atoms with E-state index in [9.17, 15) is 4.79 Å². The van der Waals surface area contributed by atoms with E-state index in [1.54, 1.807) is 11.0 Å². The highest BCUT2D eigenvalue weighted by Gasteiger charge is 2.24. The predicted octanol–water partition coefficient (Wildman–Crippen LogP) is 2.76. The molecule has 5 heteroatoms. The Morgan fingerprint density at radius 3 is 3.05 bits per heavy atom. The van der Waals surface area contributed by atoms with Crippen LogP contribution in [0.1, 0.15) is 23.4 Å². The van der Waals surface area contributed by atoms with E-state index in [1.807, 2.05) is 18.2 Å². The summed E-state index contributed by atoms with van der Waals surface area (Å²) in [5.41, 5.74) is 6.62. The van der Waals surface area contributed by atoms with Gasteiger partial charge >= 0.3 is 0 Å². The van der Waals surface area contributed by atoms with E-state index in [1.165, 1.54) is 0 Å². The second kappa shape index (κ2) is 4.98. The first-order valence-electron chi connectivity index (χ1n) is 6.38. The van der Waals surface area contributed by atoms with E-state index in [0.717, 1.165) is 29.2 Å². The van der Waals surface area contributed by atoms with Crippen molar-refractivity contribution in [1.82, 2.24) is 4.90 Å². The molecular weight excluding hydrogens is 308 g/mol. The van der Waals surface area contributed by atoms with Gasteiger partial charge in [0.2, 0.25) is 0 Å². The highest BCUT2D eigenvalue weighted by atomic mass is 79.9. The number of halogens is 1. The zero-order valence-electron chi connectivity index (χ0n) is 10.4. The number of carbonyl (C=O) groups is 1. The molecule has 0 spiro atoms. The molecule has 100 valence electrons. The van der Waals surface area contributed by atoms with Crippen LogP contribution in [0.5, 0.6) is 0 Å². The molecule has 19 heavy (non-hydrogen) atoms. The molecule has 2 aromatic rings. The average Bonchev–Trinajstić information content (AvgIpc) is 2.83. The monoisotopic (exact) mass is 322 g/mol. The molecule has 1 amide bonds. The average molecular weight is 323 g/mol. The third kappa shape index (κ3) is 2.40. The lowest BCUT2D eigenvalue weighted by Gasteiger charge is -2.29. The molecule has 1 aliphatic rings. The normalized spacial score (nSPS) is 19.9. The molecule has 0 bridgehead atoms. The van der Waals surface area contributed by atoms with Gasteiger partial charge in [-0.3, -0.25) is 4.79 Å². The van der Waals surface area contributed by atoms with Crippen molar-refractivity contribution in [3.8, 4) is 0 Å².